The quantitative estimate of drug-likeness (QED) is 0.0640. The summed E-state index contributed by atoms with van der Waals surface area (Å²) in [6.07, 6.45) is 0. The molecule has 0 atom stereocenters. The third-order valence-electron chi connectivity index (χ3n) is 14.3. The van der Waals surface area contributed by atoms with Gasteiger partial charge in [-0.05, 0) is 90.0 Å². The second-order valence-corrected chi connectivity index (χ2v) is 23.5. The van der Waals surface area contributed by atoms with Crippen molar-refractivity contribution in [2.24, 2.45) is 0 Å². The molecule has 18 nitrogen and oxygen atoms in total. The molecule has 0 amide bonds. The molecule has 6 rings (SSSR count). The molecule has 1 N–H and O–H groups in total. The Kier molecular flexibility index (Phi) is 33.8. The van der Waals surface area contributed by atoms with E-state index < -0.39 is 35.8 Å². The molecule has 3 aromatic rings. The van der Waals surface area contributed by atoms with E-state index in [0.717, 1.165) is 112 Å². The molecule has 0 bridgehead atoms. The minimum atomic E-state index is -0.727. The molecule has 0 radical (unpaired) electrons. The number of carboxylic acids is 1. The minimum Gasteiger partial charge on any atom is -0.480 e. The van der Waals surface area contributed by atoms with Gasteiger partial charge in [-0.2, -0.15) is 0 Å². The van der Waals surface area contributed by atoms with Gasteiger partial charge in [0.05, 0.1) is 19.6 Å². The Bertz CT molecular complexity index is 2290. The van der Waals surface area contributed by atoms with Crippen molar-refractivity contribution in [1.82, 2.24) is 29.4 Å². The van der Waals surface area contributed by atoms with Gasteiger partial charge in [0.2, 0.25) is 0 Å². The number of carbonyl (C=O) groups is 6. The minimum absolute atomic E-state index is 0. The van der Waals surface area contributed by atoms with Crippen molar-refractivity contribution < 1.29 is 57.6 Å². The second-order valence-electron chi connectivity index (χ2n) is 23.2. The third kappa shape index (κ3) is 26.7. The fraction of sp³-hybridized carbons (Fsp3) is 0.619. The average Bonchev–Trinajstić information content (AvgIpc) is 3.56. The first-order chi connectivity index (χ1) is 38.7. The van der Waals surface area contributed by atoms with Gasteiger partial charge in [0, 0.05) is 78.5 Å². The highest BCUT2D eigenvalue weighted by Gasteiger charge is 2.24. The van der Waals surface area contributed by atoms with Crippen molar-refractivity contribution in [3.63, 3.8) is 0 Å². The van der Waals surface area contributed by atoms with Crippen LogP contribution in [0.25, 0.3) is 0 Å². The molecule has 0 spiro atoms. The Hall–Kier alpha value is -5.18. The number of likely N-dealkylation sites (N-methyl/N-ethyl adjacent to an activating group) is 3. The van der Waals surface area contributed by atoms with Gasteiger partial charge in [-0.15, -0.1) is 24.0 Å². The molecule has 0 aliphatic carbocycles. The van der Waals surface area contributed by atoms with Gasteiger partial charge in [0.15, 0.2) is 13.2 Å². The lowest BCUT2D eigenvalue weighted by molar-refractivity contribution is -0.154. The molecule has 3 fully saturated rings. The Morgan fingerprint density at radius 1 is 0.398 bits per heavy atom. The Morgan fingerprint density at radius 3 is 0.843 bits per heavy atom. The molecule has 3 aliphatic rings. The molecule has 3 aromatic carbocycles. The van der Waals surface area contributed by atoms with Gasteiger partial charge >= 0.3 is 35.8 Å². The molecule has 3 aliphatic heterocycles. The van der Waals surface area contributed by atoms with Crippen LogP contribution in [0.2, 0.25) is 0 Å². The Balaban J connectivity index is 0.000000395. The highest BCUT2D eigenvalue weighted by molar-refractivity contribution is 6.26. The summed E-state index contributed by atoms with van der Waals surface area (Å²) in [6.45, 7) is 35.4. The molecule has 466 valence electrons. The van der Waals surface area contributed by atoms with Gasteiger partial charge in [-0.1, -0.05) is 138 Å². The lowest BCUT2D eigenvalue weighted by atomic mass is 9.94. The van der Waals surface area contributed by atoms with Crippen LogP contribution in [0.1, 0.15) is 152 Å². The molecule has 3 saturated heterocycles. The van der Waals surface area contributed by atoms with Crippen LogP contribution in [-0.2, 0) is 38.2 Å². The SMILES string of the molecule is CC(C)c1cccc(C(C)C)c1OC(=O)CCl.CC(C)c1cccc(C(C)C)c1OC(=O)COC(=O)CN1CCN(C)CC1.CC(C)c1cccc(C(C)C)c1OC(=O)COC(=O)CN1CCN(C)CC1.CN1CCN(CC(=O)O)CC1.Cl. The number of ether oxygens (including phenoxy) is 5. The van der Waals surface area contributed by atoms with E-state index in [4.69, 9.17) is 40.4 Å². The second kappa shape index (κ2) is 38.0. The topological polar surface area (TPSA) is 188 Å². The number of esters is 5. The van der Waals surface area contributed by atoms with Crippen molar-refractivity contribution in [1.29, 1.82) is 0 Å². The van der Waals surface area contributed by atoms with E-state index in [2.05, 4.69) is 119 Å². The summed E-state index contributed by atoms with van der Waals surface area (Å²) in [5.74, 6) is 0.298. The zero-order valence-corrected chi connectivity index (χ0v) is 53.9. The summed E-state index contributed by atoms with van der Waals surface area (Å²) < 4.78 is 26.9. The highest BCUT2D eigenvalue weighted by Crippen LogP contribution is 2.37. The maximum Gasteiger partial charge on any atom is 0.349 e. The standard InChI is InChI=1S/2C21H32N2O4.C14H19ClO2.C7H14N2O2.ClH/c2*1-15(2)17-7-6-8-18(16(3)4)21(17)27-20(25)14-26-19(24)13-23-11-9-22(5)10-12-23;1-9(2)11-6-5-7-12(10(3)4)14(11)17-13(16)8-15;1-8-2-4-9(5-3-8)6-7(10)11;/h2*6-8,15-16H,9-14H2,1-5H3;5-7,9-10H,8H2,1-4H3;2-6H2,1H3,(H,10,11);1H. The van der Waals surface area contributed by atoms with E-state index >= 15 is 0 Å². The van der Waals surface area contributed by atoms with Crippen LogP contribution in [0.5, 0.6) is 17.2 Å². The number of benzene rings is 3. The summed E-state index contributed by atoms with van der Waals surface area (Å²) in [5.41, 5.74) is 6.04. The van der Waals surface area contributed by atoms with Crippen LogP contribution < -0.4 is 14.2 Å². The number of rotatable bonds is 20. The largest absolute Gasteiger partial charge is 0.480 e. The maximum atomic E-state index is 12.3. The number of hydrogen-bond donors (Lipinski definition) is 1. The number of hydrogen-bond acceptors (Lipinski definition) is 17. The predicted octanol–water partition coefficient (Wildman–Crippen LogP) is 9.08. The number of aliphatic carboxylic acids is 1. The smallest absolute Gasteiger partial charge is 0.349 e. The van der Waals surface area contributed by atoms with Crippen LogP contribution in [0.15, 0.2) is 54.6 Å². The van der Waals surface area contributed by atoms with E-state index in [-0.39, 0.29) is 74.8 Å². The van der Waals surface area contributed by atoms with Gasteiger partial charge in [0.1, 0.15) is 23.1 Å². The van der Waals surface area contributed by atoms with Crippen molar-refractivity contribution in [2.75, 3.05) is 138 Å². The van der Waals surface area contributed by atoms with Crippen LogP contribution in [0.4, 0.5) is 0 Å². The molecular formula is C63H98Cl2N6O12. The lowest BCUT2D eigenvalue weighted by Crippen LogP contribution is -2.46. The fourth-order valence-electron chi connectivity index (χ4n) is 9.17. The molecule has 83 heavy (non-hydrogen) atoms. The first-order valence-electron chi connectivity index (χ1n) is 29.0. The highest BCUT2D eigenvalue weighted by atomic mass is 35.5. The summed E-state index contributed by atoms with van der Waals surface area (Å²) in [5, 5.41) is 8.48. The normalized spacial score (nSPS) is 15.5. The van der Waals surface area contributed by atoms with Gasteiger partial charge < -0.3 is 43.5 Å². The van der Waals surface area contributed by atoms with Crippen LogP contribution in [0, 0.1) is 0 Å². The van der Waals surface area contributed by atoms with Crippen LogP contribution in [-0.4, -0.2) is 209 Å². The fourth-order valence-corrected chi connectivity index (χ4v) is 9.23. The van der Waals surface area contributed by atoms with E-state index in [1.807, 2.05) is 69.3 Å². The summed E-state index contributed by atoms with van der Waals surface area (Å²) >= 11 is 5.49. The van der Waals surface area contributed by atoms with E-state index in [9.17, 15) is 28.8 Å². The Labute approximate surface area is 506 Å². The van der Waals surface area contributed by atoms with Crippen molar-refractivity contribution in [2.45, 2.75) is 119 Å². The van der Waals surface area contributed by atoms with E-state index in [0.29, 0.717) is 29.1 Å². The van der Waals surface area contributed by atoms with Crippen LogP contribution >= 0.6 is 24.0 Å². The number of para-hydroxylation sites is 3. The van der Waals surface area contributed by atoms with Crippen molar-refractivity contribution >= 4 is 59.8 Å². The molecule has 20 heteroatoms. The Morgan fingerprint density at radius 2 is 0.627 bits per heavy atom. The molecule has 0 saturated carbocycles. The first-order valence-corrected chi connectivity index (χ1v) is 29.6. The third-order valence-corrected chi connectivity index (χ3v) is 14.5. The number of alkyl halides is 1. The van der Waals surface area contributed by atoms with E-state index in [1.54, 1.807) is 0 Å². The maximum absolute atomic E-state index is 12.3. The summed E-state index contributed by atoms with van der Waals surface area (Å²) in [7, 11) is 6.18. The average molecular weight is 1200 g/mol. The van der Waals surface area contributed by atoms with Gasteiger partial charge in [-0.25, -0.2) is 9.59 Å². The first kappa shape index (κ1) is 73.9. The number of halogens is 2. The number of piperazine rings is 3. The number of nitrogens with zero attached hydrogens (tertiary/aromatic N) is 6. The zero-order valence-electron chi connectivity index (χ0n) is 52.3. The predicted molar refractivity (Wildman–Crippen MR) is 330 cm³/mol. The zero-order chi connectivity index (χ0) is 61.2. The monoisotopic (exact) mass is 1200 g/mol. The summed E-state index contributed by atoms with van der Waals surface area (Å²) in [6, 6.07) is 17.8. The van der Waals surface area contributed by atoms with E-state index in [1.165, 1.54) is 0 Å². The van der Waals surface area contributed by atoms with Crippen LogP contribution in [0.3, 0.4) is 0 Å². The molecular weight excluding hydrogens is 1100 g/mol. The van der Waals surface area contributed by atoms with Gasteiger partial charge in [-0.3, -0.25) is 33.9 Å². The molecule has 0 aromatic heterocycles. The molecule has 0 unspecified atom stereocenters. The number of carbonyl (C=O) groups excluding carboxylic acids is 5. The number of carboxylic acid groups (broad SMARTS) is 1. The lowest BCUT2D eigenvalue weighted by Gasteiger charge is -2.31. The summed E-state index contributed by atoms with van der Waals surface area (Å²) in [4.78, 5) is 83.0. The van der Waals surface area contributed by atoms with Crippen molar-refractivity contribution in [3.8, 4) is 17.2 Å². The van der Waals surface area contributed by atoms with Crippen molar-refractivity contribution in [3.05, 3.63) is 88.0 Å². The molecule has 3 heterocycles. The van der Waals surface area contributed by atoms with Gasteiger partial charge in [0.25, 0.3) is 0 Å².